The van der Waals surface area contributed by atoms with Gasteiger partial charge in [0.25, 0.3) is 0 Å². The van der Waals surface area contributed by atoms with Gasteiger partial charge in [0.05, 0.1) is 6.61 Å². The Labute approximate surface area is 76.7 Å². The molecular weight excluding hydrogens is 170 g/mol. The number of rotatable bonds is 3. The summed E-state index contributed by atoms with van der Waals surface area (Å²) in [4.78, 5) is 11.3. The molecule has 1 rings (SSSR count). The zero-order valence-corrected chi connectivity index (χ0v) is 8.02. The van der Waals surface area contributed by atoms with Crippen LogP contribution in [0.4, 0.5) is 0 Å². The van der Waals surface area contributed by atoms with Crippen LogP contribution in [0.3, 0.4) is 0 Å². The van der Waals surface area contributed by atoms with E-state index in [0.29, 0.717) is 6.61 Å². The molecule has 72 valence electrons. The van der Waals surface area contributed by atoms with Gasteiger partial charge in [-0.25, -0.2) is 4.79 Å². The molecule has 1 heterocycles. The molecule has 5 nitrogen and oxygen atoms in total. The topological polar surface area (TPSA) is 57.0 Å². The van der Waals surface area contributed by atoms with Crippen molar-refractivity contribution in [3.63, 3.8) is 0 Å². The average molecular weight is 183 g/mol. The lowest BCUT2D eigenvalue weighted by atomic mass is 10.4. The van der Waals surface area contributed by atoms with Crippen molar-refractivity contribution in [3.05, 3.63) is 12.2 Å². The van der Waals surface area contributed by atoms with E-state index in [1.165, 1.54) is 6.33 Å². The highest BCUT2D eigenvalue weighted by atomic mass is 16.5. The molecule has 0 unspecified atom stereocenters. The number of hydrogen-bond donors (Lipinski definition) is 0. The minimum Gasteiger partial charge on any atom is -0.460 e. The van der Waals surface area contributed by atoms with Gasteiger partial charge in [0.1, 0.15) is 6.33 Å². The minimum atomic E-state index is -0.422. The SMILES string of the molecule is CCOC(=O)c1nncn1C(C)C. The van der Waals surface area contributed by atoms with Gasteiger partial charge < -0.3 is 9.30 Å². The molecule has 0 saturated heterocycles. The first-order valence-corrected chi connectivity index (χ1v) is 4.23. The van der Waals surface area contributed by atoms with E-state index in [-0.39, 0.29) is 11.9 Å². The molecule has 0 atom stereocenters. The first-order valence-electron chi connectivity index (χ1n) is 4.23. The van der Waals surface area contributed by atoms with Gasteiger partial charge in [-0.15, -0.1) is 10.2 Å². The molecule has 0 aliphatic heterocycles. The Morgan fingerprint density at radius 1 is 1.69 bits per heavy atom. The third-order valence-electron chi connectivity index (χ3n) is 1.59. The number of esters is 1. The van der Waals surface area contributed by atoms with Gasteiger partial charge in [-0.2, -0.15) is 0 Å². The largest absolute Gasteiger partial charge is 0.460 e. The monoisotopic (exact) mass is 183 g/mol. The highest BCUT2D eigenvalue weighted by Gasteiger charge is 2.16. The summed E-state index contributed by atoms with van der Waals surface area (Å²) in [5, 5.41) is 7.35. The summed E-state index contributed by atoms with van der Waals surface area (Å²) in [6.07, 6.45) is 1.52. The molecule has 13 heavy (non-hydrogen) atoms. The number of carbonyl (C=O) groups excluding carboxylic acids is 1. The van der Waals surface area contributed by atoms with Crippen LogP contribution in [0.15, 0.2) is 6.33 Å². The van der Waals surface area contributed by atoms with Gasteiger partial charge >= 0.3 is 5.97 Å². The van der Waals surface area contributed by atoms with Crippen molar-refractivity contribution in [2.75, 3.05) is 6.61 Å². The summed E-state index contributed by atoms with van der Waals surface area (Å²) < 4.78 is 6.49. The summed E-state index contributed by atoms with van der Waals surface area (Å²) in [5.74, 6) is -0.162. The van der Waals surface area contributed by atoms with E-state index in [4.69, 9.17) is 4.74 Å². The van der Waals surface area contributed by atoms with Gasteiger partial charge in [-0.1, -0.05) is 0 Å². The van der Waals surface area contributed by atoms with E-state index in [0.717, 1.165) is 0 Å². The molecular formula is C8H13N3O2. The molecule has 0 bridgehead atoms. The third kappa shape index (κ3) is 2.05. The van der Waals surface area contributed by atoms with Gasteiger partial charge in [0.15, 0.2) is 0 Å². The lowest BCUT2D eigenvalue weighted by Gasteiger charge is -2.08. The molecule has 0 spiro atoms. The van der Waals surface area contributed by atoms with Crippen LogP contribution in [-0.2, 0) is 4.74 Å². The lowest BCUT2D eigenvalue weighted by Crippen LogP contribution is -2.14. The first-order chi connectivity index (χ1) is 6.16. The lowest BCUT2D eigenvalue weighted by molar-refractivity contribution is 0.0504. The Kier molecular flexibility index (Phi) is 3.00. The van der Waals surface area contributed by atoms with Gasteiger partial charge in [-0.05, 0) is 20.8 Å². The second-order valence-electron chi connectivity index (χ2n) is 2.88. The van der Waals surface area contributed by atoms with Crippen molar-refractivity contribution in [1.82, 2.24) is 14.8 Å². The van der Waals surface area contributed by atoms with Crippen molar-refractivity contribution >= 4 is 5.97 Å². The van der Waals surface area contributed by atoms with Crippen molar-refractivity contribution < 1.29 is 9.53 Å². The molecule has 1 aromatic heterocycles. The molecule has 0 N–H and O–H groups in total. The highest BCUT2D eigenvalue weighted by molar-refractivity contribution is 5.85. The third-order valence-corrected chi connectivity index (χ3v) is 1.59. The fraction of sp³-hybridized carbons (Fsp3) is 0.625. The molecule has 0 saturated carbocycles. The second-order valence-corrected chi connectivity index (χ2v) is 2.88. The van der Waals surface area contributed by atoms with Crippen LogP contribution >= 0.6 is 0 Å². The summed E-state index contributed by atoms with van der Waals surface area (Å²) in [5.41, 5.74) is 0. The van der Waals surface area contributed by atoms with Crippen LogP contribution in [0.25, 0.3) is 0 Å². The quantitative estimate of drug-likeness (QED) is 0.657. The molecule has 0 amide bonds. The van der Waals surface area contributed by atoms with Crippen molar-refractivity contribution in [2.45, 2.75) is 26.8 Å². The number of carbonyl (C=O) groups is 1. The smallest absolute Gasteiger partial charge is 0.376 e. The Morgan fingerprint density at radius 2 is 2.38 bits per heavy atom. The van der Waals surface area contributed by atoms with E-state index in [1.807, 2.05) is 13.8 Å². The maximum absolute atomic E-state index is 11.3. The van der Waals surface area contributed by atoms with Crippen molar-refractivity contribution in [1.29, 1.82) is 0 Å². The Balaban J connectivity index is 2.87. The maximum atomic E-state index is 11.3. The van der Waals surface area contributed by atoms with E-state index in [1.54, 1.807) is 11.5 Å². The van der Waals surface area contributed by atoms with E-state index >= 15 is 0 Å². The fourth-order valence-electron chi connectivity index (χ4n) is 0.962. The molecule has 0 aromatic carbocycles. The summed E-state index contributed by atoms with van der Waals surface area (Å²) in [6.45, 7) is 6.01. The standard InChI is InChI=1S/C8H13N3O2/c1-4-13-8(12)7-10-9-5-11(7)6(2)3/h5-6H,4H2,1-3H3. The number of hydrogen-bond acceptors (Lipinski definition) is 4. The normalized spacial score (nSPS) is 10.5. The summed E-state index contributed by atoms with van der Waals surface area (Å²) in [6, 6.07) is 0.161. The summed E-state index contributed by atoms with van der Waals surface area (Å²) >= 11 is 0. The van der Waals surface area contributed by atoms with E-state index < -0.39 is 5.97 Å². The first kappa shape index (κ1) is 9.70. The van der Waals surface area contributed by atoms with E-state index in [9.17, 15) is 4.79 Å². The molecule has 1 aromatic rings. The number of ether oxygens (including phenoxy) is 1. The van der Waals surface area contributed by atoms with Crippen LogP contribution in [0.2, 0.25) is 0 Å². The van der Waals surface area contributed by atoms with Crippen LogP contribution in [0, 0.1) is 0 Å². The Hall–Kier alpha value is -1.39. The van der Waals surface area contributed by atoms with E-state index in [2.05, 4.69) is 10.2 Å². The predicted octanol–water partition coefficient (Wildman–Crippen LogP) is 1.04. The van der Waals surface area contributed by atoms with Gasteiger partial charge in [-0.3, -0.25) is 0 Å². The van der Waals surface area contributed by atoms with Crippen molar-refractivity contribution in [3.8, 4) is 0 Å². The Morgan fingerprint density at radius 3 is 2.92 bits per heavy atom. The molecule has 5 heteroatoms. The van der Waals surface area contributed by atoms with Gasteiger partial charge in [0, 0.05) is 6.04 Å². The zero-order valence-electron chi connectivity index (χ0n) is 8.02. The molecule has 0 radical (unpaired) electrons. The highest BCUT2D eigenvalue weighted by Crippen LogP contribution is 2.07. The van der Waals surface area contributed by atoms with Crippen LogP contribution < -0.4 is 0 Å². The molecule has 0 fully saturated rings. The minimum absolute atomic E-state index is 0.161. The second kappa shape index (κ2) is 4.02. The van der Waals surface area contributed by atoms with Crippen LogP contribution in [0.1, 0.15) is 37.4 Å². The van der Waals surface area contributed by atoms with Gasteiger partial charge in [0.2, 0.25) is 5.82 Å². The number of aromatic nitrogens is 3. The summed E-state index contributed by atoms with van der Waals surface area (Å²) in [7, 11) is 0. The predicted molar refractivity (Wildman–Crippen MR) is 46.4 cm³/mol. The van der Waals surface area contributed by atoms with Crippen LogP contribution in [0.5, 0.6) is 0 Å². The van der Waals surface area contributed by atoms with Crippen LogP contribution in [-0.4, -0.2) is 27.3 Å². The molecule has 0 aliphatic rings. The zero-order chi connectivity index (χ0) is 9.84. The maximum Gasteiger partial charge on any atom is 0.376 e. The number of nitrogens with zero attached hydrogens (tertiary/aromatic N) is 3. The van der Waals surface area contributed by atoms with Crippen molar-refractivity contribution in [2.24, 2.45) is 0 Å². The molecule has 0 aliphatic carbocycles. The fourth-order valence-corrected chi connectivity index (χ4v) is 0.962. The Bertz CT molecular complexity index is 293. The average Bonchev–Trinajstić information content (AvgIpc) is 2.52.